The molecule has 0 aliphatic rings. The van der Waals surface area contributed by atoms with Crippen molar-refractivity contribution < 1.29 is 27.1 Å². The molecule has 182 valence electrons. The van der Waals surface area contributed by atoms with E-state index >= 15 is 0 Å². The van der Waals surface area contributed by atoms with Crippen molar-refractivity contribution in [2.75, 3.05) is 6.61 Å². The summed E-state index contributed by atoms with van der Waals surface area (Å²) in [6.45, 7) is 1.95. The van der Waals surface area contributed by atoms with E-state index in [4.69, 9.17) is 8.92 Å². The molecule has 3 aromatic rings. The van der Waals surface area contributed by atoms with Crippen LogP contribution in [0.2, 0.25) is 0 Å². The first kappa shape index (κ1) is 26.6. The van der Waals surface area contributed by atoms with Crippen molar-refractivity contribution >= 4 is 66.4 Å². The topological polar surface area (TPSA) is 137 Å². The number of benzene rings is 3. The second-order valence-corrected chi connectivity index (χ2v) is 10.3. The van der Waals surface area contributed by atoms with E-state index in [1.165, 1.54) is 12.3 Å². The summed E-state index contributed by atoms with van der Waals surface area (Å²) < 4.78 is 37.4. The van der Waals surface area contributed by atoms with E-state index < -0.39 is 20.9 Å². The van der Waals surface area contributed by atoms with Crippen molar-refractivity contribution in [2.45, 2.75) is 11.8 Å². The van der Waals surface area contributed by atoms with Crippen LogP contribution in [0.3, 0.4) is 0 Å². The van der Waals surface area contributed by atoms with E-state index in [0.29, 0.717) is 19.2 Å². The van der Waals surface area contributed by atoms with Gasteiger partial charge in [-0.05, 0) is 87.4 Å². The smallest absolute Gasteiger partial charge is 0.339 e. The predicted octanol–water partition coefficient (Wildman–Crippen LogP) is 4.89. The molecular weight excluding hydrogens is 657 g/mol. The molecule has 0 spiro atoms. The Morgan fingerprint density at radius 1 is 1.20 bits per heavy atom. The summed E-state index contributed by atoms with van der Waals surface area (Å²) in [6, 6.07) is 14.3. The molecule has 0 saturated carbocycles. The van der Waals surface area contributed by atoms with Gasteiger partial charge < -0.3 is 8.92 Å². The molecule has 0 aromatic heterocycles. The van der Waals surface area contributed by atoms with Crippen LogP contribution in [0.15, 0.2) is 75.1 Å². The van der Waals surface area contributed by atoms with Crippen LogP contribution in [-0.2, 0) is 10.1 Å². The standard InChI is InChI=1S/C22H17BrIN3O7S/c1-2-33-20-12-14(13-25-26-22(28)17-5-3-4-6-18(17)23)11-19(24)21(20)34-35(31,32)16-9-7-15(8-10-16)27(29)30/h3-13H,2H2,1H3,(H,26,28)/b25-13-. The Morgan fingerprint density at radius 3 is 2.51 bits per heavy atom. The van der Waals surface area contributed by atoms with Crippen molar-refractivity contribution in [2.24, 2.45) is 5.10 Å². The Kier molecular flexibility index (Phi) is 8.80. The molecule has 1 N–H and O–H groups in total. The Bertz CT molecular complexity index is 1400. The number of nitrogens with one attached hydrogen (secondary N) is 1. The zero-order valence-electron chi connectivity index (χ0n) is 18.0. The maximum absolute atomic E-state index is 12.8. The van der Waals surface area contributed by atoms with E-state index in [1.54, 1.807) is 37.3 Å². The number of carbonyl (C=O) groups excluding carboxylic acids is 1. The third-order valence-electron chi connectivity index (χ3n) is 4.36. The van der Waals surface area contributed by atoms with Gasteiger partial charge in [0.25, 0.3) is 11.6 Å². The van der Waals surface area contributed by atoms with Crippen molar-refractivity contribution in [3.05, 3.63) is 89.9 Å². The Balaban J connectivity index is 1.83. The van der Waals surface area contributed by atoms with Gasteiger partial charge in [0.05, 0.1) is 26.9 Å². The molecule has 0 aliphatic carbocycles. The monoisotopic (exact) mass is 673 g/mol. The molecule has 0 aliphatic heterocycles. The number of rotatable bonds is 9. The van der Waals surface area contributed by atoms with Gasteiger partial charge in [0.1, 0.15) is 4.90 Å². The van der Waals surface area contributed by atoms with Crippen molar-refractivity contribution in [3.63, 3.8) is 0 Å². The number of nitro groups is 1. The summed E-state index contributed by atoms with van der Waals surface area (Å²) in [5, 5.41) is 14.8. The number of ether oxygens (including phenoxy) is 1. The minimum atomic E-state index is -4.30. The zero-order chi connectivity index (χ0) is 25.6. The maximum Gasteiger partial charge on any atom is 0.339 e. The summed E-state index contributed by atoms with van der Waals surface area (Å²) in [5.74, 6) is -0.314. The fourth-order valence-electron chi connectivity index (χ4n) is 2.77. The first-order chi connectivity index (χ1) is 16.6. The first-order valence-electron chi connectivity index (χ1n) is 9.85. The average molecular weight is 674 g/mol. The second-order valence-electron chi connectivity index (χ2n) is 6.73. The molecule has 13 heteroatoms. The Labute approximate surface area is 222 Å². The van der Waals surface area contributed by atoms with E-state index in [9.17, 15) is 23.3 Å². The van der Waals surface area contributed by atoms with Crippen LogP contribution in [0.1, 0.15) is 22.8 Å². The van der Waals surface area contributed by atoms with Gasteiger partial charge in [0.15, 0.2) is 11.5 Å². The lowest BCUT2D eigenvalue weighted by Gasteiger charge is -2.14. The van der Waals surface area contributed by atoms with Crippen LogP contribution in [0.25, 0.3) is 0 Å². The fraction of sp³-hybridized carbons (Fsp3) is 0.0909. The Morgan fingerprint density at radius 2 is 1.89 bits per heavy atom. The molecule has 0 saturated heterocycles. The summed E-state index contributed by atoms with van der Waals surface area (Å²) in [5.41, 5.74) is 3.11. The molecule has 0 radical (unpaired) electrons. The highest BCUT2D eigenvalue weighted by atomic mass is 127. The van der Waals surface area contributed by atoms with Crippen LogP contribution in [0.5, 0.6) is 11.5 Å². The second kappa shape index (κ2) is 11.6. The predicted molar refractivity (Wildman–Crippen MR) is 140 cm³/mol. The van der Waals surface area contributed by atoms with Gasteiger partial charge in [-0.1, -0.05) is 12.1 Å². The normalized spacial score (nSPS) is 11.3. The van der Waals surface area contributed by atoms with Gasteiger partial charge in [0.2, 0.25) is 0 Å². The number of nitro benzene ring substituents is 1. The summed E-state index contributed by atoms with van der Waals surface area (Å²) >= 11 is 5.19. The Hall–Kier alpha value is -3.04. The highest BCUT2D eigenvalue weighted by molar-refractivity contribution is 14.1. The van der Waals surface area contributed by atoms with Crippen molar-refractivity contribution in [1.29, 1.82) is 0 Å². The SMILES string of the molecule is CCOc1cc(/C=N\NC(=O)c2ccccc2Br)cc(I)c1OS(=O)(=O)c1ccc([N+](=O)[O-])cc1. The molecular formula is C22H17BrIN3O7S. The van der Waals surface area contributed by atoms with Crippen LogP contribution in [0, 0.1) is 13.7 Å². The lowest BCUT2D eigenvalue weighted by Crippen LogP contribution is -2.18. The molecule has 3 aromatic carbocycles. The number of non-ortho nitro benzene ring substituents is 1. The number of amides is 1. The van der Waals surface area contributed by atoms with E-state index in [-0.39, 0.29) is 28.7 Å². The van der Waals surface area contributed by atoms with Crippen molar-refractivity contribution in [3.8, 4) is 11.5 Å². The first-order valence-corrected chi connectivity index (χ1v) is 13.1. The van der Waals surface area contributed by atoms with Crippen LogP contribution >= 0.6 is 38.5 Å². The zero-order valence-corrected chi connectivity index (χ0v) is 22.5. The number of halogens is 2. The fourth-order valence-corrected chi connectivity index (χ4v) is 5.08. The molecule has 1 amide bonds. The molecule has 0 heterocycles. The number of hydrogen-bond donors (Lipinski definition) is 1. The average Bonchev–Trinajstić information content (AvgIpc) is 2.81. The van der Waals surface area contributed by atoms with Gasteiger partial charge in [-0.15, -0.1) is 0 Å². The molecule has 35 heavy (non-hydrogen) atoms. The molecule has 10 nitrogen and oxygen atoms in total. The minimum Gasteiger partial charge on any atom is -0.490 e. The number of hydrogen-bond acceptors (Lipinski definition) is 8. The molecule has 0 unspecified atom stereocenters. The highest BCUT2D eigenvalue weighted by Crippen LogP contribution is 2.36. The highest BCUT2D eigenvalue weighted by Gasteiger charge is 2.23. The van der Waals surface area contributed by atoms with Gasteiger partial charge in [-0.2, -0.15) is 13.5 Å². The summed E-state index contributed by atoms with van der Waals surface area (Å²) in [4.78, 5) is 22.2. The van der Waals surface area contributed by atoms with E-state index in [0.717, 1.165) is 24.3 Å². The lowest BCUT2D eigenvalue weighted by atomic mass is 10.2. The van der Waals surface area contributed by atoms with Gasteiger partial charge in [-0.25, -0.2) is 5.43 Å². The largest absolute Gasteiger partial charge is 0.490 e. The molecule has 0 fully saturated rings. The summed E-state index contributed by atoms with van der Waals surface area (Å²) in [6.07, 6.45) is 1.38. The van der Waals surface area contributed by atoms with Gasteiger partial charge in [0, 0.05) is 16.6 Å². The van der Waals surface area contributed by atoms with Gasteiger partial charge >= 0.3 is 10.1 Å². The van der Waals surface area contributed by atoms with E-state index in [1.807, 2.05) is 22.6 Å². The number of hydrazone groups is 1. The molecule has 3 rings (SSSR count). The van der Waals surface area contributed by atoms with E-state index in [2.05, 4.69) is 26.5 Å². The number of carbonyl (C=O) groups is 1. The lowest BCUT2D eigenvalue weighted by molar-refractivity contribution is -0.384. The molecule has 0 bridgehead atoms. The van der Waals surface area contributed by atoms with Crippen LogP contribution in [-0.4, -0.2) is 32.1 Å². The number of nitrogens with zero attached hydrogens (tertiary/aromatic N) is 2. The van der Waals surface area contributed by atoms with Crippen molar-refractivity contribution in [1.82, 2.24) is 5.43 Å². The summed E-state index contributed by atoms with van der Waals surface area (Å²) in [7, 11) is -4.30. The van der Waals surface area contributed by atoms with Crippen LogP contribution < -0.4 is 14.3 Å². The van der Waals surface area contributed by atoms with Crippen LogP contribution in [0.4, 0.5) is 5.69 Å². The third-order valence-corrected chi connectivity index (χ3v) is 7.09. The quantitative estimate of drug-likeness (QED) is 0.112. The maximum atomic E-state index is 12.8. The minimum absolute atomic E-state index is 0.0415. The van der Waals surface area contributed by atoms with Gasteiger partial charge in [-0.3, -0.25) is 14.9 Å². The third kappa shape index (κ3) is 6.76. The molecule has 0 atom stereocenters.